The van der Waals surface area contributed by atoms with Gasteiger partial charge in [0.25, 0.3) is 5.91 Å². The number of β-amino-alcohol motifs (C(OH)–C–C–N with tert-alkyl or cyclic N) is 1. The molecule has 1 amide bonds. The Bertz CT molecular complexity index is 730. The predicted octanol–water partition coefficient (Wildman–Crippen LogP) is 1.04. The number of aliphatic hydroxyl groups is 2. The first-order valence-electron chi connectivity index (χ1n) is 7.86. The van der Waals surface area contributed by atoms with E-state index in [1.807, 2.05) is 24.3 Å². The van der Waals surface area contributed by atoms with Gasteiger partial charge in [0.05, 0.1) is 37.7 Å². The number of nitrogens with zero attached hydrogens (tertiary/aromatic N) is 2. The molecule has 1 unspecified atom stereocenters. The zero-order chi connectivity index (χ0) is 17.2. The molecule has 1 aliphatic heterocycles. The number of carbonyl (C=O) groups is 1. The van der Waals surface area contributed by atoms with Crippen molar-refractivity contribution < 1.29 is 19.7 Å². The maximum Gasteiger partial charge on any atom is 0.257 e. The summed E-state index contributed by atoms with van der Waals surface area (Å²) in [6.45, 7) is 0.305. The van der Waals surface area contributed by atoms with Crippen molar-refractivity contribution in [3.8, 4) is 17.0 Å². The van der Waals surface area contributed by atoms with E-state index in [1.165, 1.54) is 6.20 Å². The van der Waals surface area contributed by atoms with Crippen molar-refractivity contribution in [2.24, 2.45) is 0 Å². The average molecular weight is 331 g/mol. The lowest BCUT2D eigenvalue weighted by molar-refractivity contribution is -0.0598. The lowest BCUT2D eigenvalue weighted by Crippen LogP contribution is -2.52. The number of amides is 1. The molecule has 2 heterocycles. The monoisotopic (exact) mass is 331 g/mol. The molecule has 128 valence electrons. The summed E-state index contributed by atoms with van der Waals surface area (Å²) in [7, 11) is 1.58. The molecule has 1 saturated heterocycles. The van der Waals surface area contributed by atoms with Crippen LogP contribution in [0.1, 0.15) is 23.2 Å². The number of H-pyrrole nitrogens is 1. The minimum absolute atomic E-state index is 0.116. The largest absolute Gasteiger partial charge is 0.497 e. The van der Waals surface area contributed by atoms with E-state index in [-0.39, 0.29) is 19.1 Å². The third-order valence-corrected chi connectivity index (χ3v) is 4.37. The summed E-state index contributed by atoms with van der Waals surface area (Å²) in [5.41, 5.74) is 0.611. The molecular formula is C17H21N3O4. The number of rotatable bonds is 4. The first kappa shape index (κ1) is 16.5. The van der Waals surface area contributed by atoms with E-state index < -0.39 is 5.60 Å². The Morgan fingerprint density at radius 1 is 1.50 bits per heavy atom. The Balaban J connectivity index is 1.88. The van der Waals surface area contributed by atoms with E-state index in [4.69, 9.17) is 4.74 Å². The Hall–Kier alpha value is -2.38. The zero-order valence-corrected chi connectivity index (χ0v) is 13.5. The van der Waals surface area contributed by atoms with Crippen molar-refractivity contribution in [3.05, 3.63) is 36.0 Å². The summed E-state index contributed by atoms with van der Waals surface area (Å²) < 4.78 is 5.22. The number of aliphatic hydroxyl groups excluding tert-OH is 1. The summed E-state index contributed by atoms with van der Waals surface area (Å²) in [6, 6.07) is 7.36. The maximum atomic E-state index is 12.9. The van der Waals surface area contributed by atoms with Crippen molar-refractivity contribution in [1.29, 1.82) is 0 Å². The fraction of sp³-hybridized carbons (Fsp3) is 0.412. The van der Waals surface area contributed by atoms with Crippen LogP contribution in [0.3, 0.4) is 0 Å². The summed E-state index contributed by atoms with van der Waals surface area (Å²) in [4.78, 5) is 14.4. The average Bonchev–Trinajstić information content (AvgIpc) is 3.11. The Kier molecular flexibility index (Phi) is 4.55. The zero-order valence-electron chi connectivity index (χ0n) is 13.5. The van der Waals surface area contributed by atoms with Crippen LogP contribution in [0.25, 0.3) is 11.3 Å². The molecule has 24 heavy (non-hydrogen) atoms. The van der Waals surface area contributed by atoms with E-state index in [2.05, 4.69) is 10.2 Å². The number of hydrogen-bond donors (Lipinski definition) is 3. The van der Waals surface area contributed by atoms with Gasteiger partial charge in [0, 0.05) is 12.1 Å². The van der Waals surface area contributed by atoms with Crippen LogP contribution < -0.4 is 4.74 Å². The highest BCUT2D eigenvalue weighted by atomic mass is 16.5. The number of ether oxygens (including phenoxy) is 1. The summed E-state index contributed by atoms with van der Waals surface area (Å²) in [5.74, 6) is 0.473. The molecule has 3 rings (SSSR count). The second-order valence-corrected chi connectivity index (χ2v) is 6.10. The van der Waals surface area contributed by atoms with Gasteiger partial charge in [0.1, 0.15) is 11.4 Å². The highest BCUT2D eigenvalue weighted by Gasteiger charge is 2.35. The smallest absolute Gasteiger partial charge is 0.257 e. The van der Waals surface area contributed by atoms with Gasteiger partial charge in [-0.3, -0.25) is 9.89 Å². The van der Waals surface area contributed by atoms with E-state index >= 15 is 0 Å². The van der Waals surface area contributed by atoms with Crippen LogP contribution in [0.4, 0.5) is 0 Å². The molecule has 0 radical (unpaired) electrons. The molecule has 7 heteroatoms. The molecule has 1 aliphatic rings. The lowest BCUT2D eigenvalue weighted by atomic mass is 9.93. The first-order valence-corrected chi connectivity index (χ1v) is 7.86. The molecule has 3 N–H and O–H groups in total. The minimum Gasteiger partial charge on any atom is -0.497 e. The number of benzene rings is 1. The van der Waals surface area contributed by atoms with Gasteiger partial charge in [-0.1, -0.05) is 12.1 Å². The predicted molar refractivity (Wildman–Crippen MR) is 87.7 cm³/mol. The third-order valence-electron chi connectivity index (χ3n) is 4.37. The van der Waals surface area contributed by atoms with E-state index in [9.17, 15) is 15.0 Å². The lowest BCUT2D eigenvalue weighted by Gasteiger charge is -2.38. The molecule has 0 aliphatic carbocycles. The molecule has 1 aromatic carbocycles. The molecule has 0 saturated carbocycles. The molecule has 0 bridgehead atoms. The quantitative estimate of drug-likeness (QED) is 0.778. The highest BCUT2D eigenvalue weighted by Crippen LogP contribution is 2.28. The molecule has 1 fully saturated rings. The number of methoxy groups -OCH3 is 1. The van der Waals surface area contributed by atoms with E-state index in [0.29, 0.717) is 36.4 Å². The van der Waals surface area contributed by atoms with Crippen LogP contribution in [0.2, 0.25) is 0 Å². The van der Waals surface area contributed by atoms with Crippen LogP contribution in [0.5, 0.6) is 5.75 Å². The highest BCUT2D eigenvalue weighted by molar-refractivity contribution is 5.99. The second kappa shape index (κ2) is 6.62. The minimum atomic E-state index is -1.23. The SMILES string of the molecule is COc1cccc(-c2[nH]ncc2C(=O)N2CCCC(O)(CO)C2)c1. The summed E-state index contributed by atoms with van der Waals surface area (Å²) in [6.07, 6.45) is 2.63. The van der Waals surface area contributed by atoms with Gasteiger partial charge >= 0.3 is 0 Å². The van der Waals surface area contributed by atoms with Crippen LogP contribution in [0, 0.1) is 0 Å². The topological polar surface area (TPSA) is 98.7 Å². The summed E-state index contributed by atoms with van der Waals surface area (Å²) in [5, 5.41) is 26.5. The number of carbonyl (C=O) groups excluding carboxylic acids is 1. The van der Waals surface area contributed by atoms with Gasteiger partial charge in [-0.05, 0) is 25.0 Å². The fourth-order valence-electron chi connectivity index (χ4n) is 3.03. The van der Waals surface area contributed by atoms with Gasteiger partial charge in [0.2, 0.25) is 0 Å². The number of hydrogen-bond acceptors (Lipinski definition) is 5. The van der Waals surface area contributed by atoms with Gasteiger partial charge in [0.15, 0.2) is 0 Å². The van der Waals surface area contributed by atoms with Gasteiger partial charge in [-0.2, -0.15) is 5.10 Å². The van der Waals surface area contributed by atoms with Crippen LogP contribution in [-0.2, 0) is 0 Å². The molecule has 7 nitrogen and oxygen atoms in total. The molecule has 1 aromatic heterocycles. The fourth-order valence-corrected chi connectivity index (χ4v) is 3.03. The van der Waals surface area contributed by atoms with Crippen molar-refractivity contribution in [1.82, 2.24) is 15.1 Å². The second-order valence-electron chi connectivity index (χ2n) is 6.10. The number of piperidine rings is 1. The number of aromatic amines is 1. The number of aromatic nitrogens is 2. The number of nitrogens with one attached hydrogen (secondary N) is 1. The van der Waals surface area contributed by atoms with Gasteiger partial charge < -0.3 is 19.8 Å². The standard InChI is InChI=1S/C17H21N3O4/c1-24-13-5-2-4-12(8-13)15-14(9-18-19-15)16(22)20-7-3-6-17(23,10-20)11-21/h2,4-5,8-9,21,23H,3,6-7,10-11H2,1H3,(H,18,19). The normalized spacial score (nSPS) is 20.9. The first-order chi connectivity index (χ1) is 11.6. The van der Waals surface area contributed by atoms with Crippen molar-refractivity contribution in [2.45, 2.75) is 18.4 Å². The third kappa shape index (κ3) is 3.13. The summed E-state index contributed by atoms with van der Waals surface area (Å²) >= 11 is 0. The van der Waals surface area contributed by atoms with Crippen LogP contribution in [0.15, 0.2) is 30.5 Å². The van der Waals surface area contributed by atoms with Crippen molar-refractivity contribution in [3.63, 3.8) is 0 Å². The molecule has 2 aromatic rings. The molecule has 0 spiro atoms. The molecule has 1 atom stereocenters. The van der Waals surface area contributed by atoms with Crippen molar-refractivity contribution in [2.75, 3.05) is 26.8 Å². The van der Waals surface area contributed by atoms with Gasteiger partial charge in [-0.25, -0.2) is 0 Å². The Morgan fingerprint density at radius 3 is 3.08 bits per heavy atom. The Labute approximate surface area is 139 Å². The number of likely N-dealkylation sites (tertiary alicyclic amines) is 1. The van der Waals surface area contributed by atoms with Crippen LogP contribution >= 0.6 is 0 Å². The van der Waals surface area contributed by atoms with Gasteiger partial charge in [-0.15, -0.1) is 0 Å². The Morgan fingerprint density at radius 2 is 2.33 bits per heavy atom. The maximum absolute atomic E-state index is 12.9. The molecular weight excluding hydrogens is 310 g/mol. The van der Waals surface area contributed by atoms with E-state index in [1.54, 1.807) is 12.0 Å². The van der Waals surface area contributed by atoms with E-state index in [0.717, 1.165) is 5.56 Å². The van der Waals surface area contributed by atoms with Crippen LogP contribution in [-0.4, -0.2) is 63.6 Å². The van der Waals surface area contributed by atoms with Crippen molar-refractivity contribution >= 4 is 5.91 Å².